The number of hydrogen-bond donors (Lipinski definition) is 2. The molecular formula is C27H37N5O5S2. The van der Waals surface area contributed by atoms with Crippen molar-refractivity contribution in [1.29, 1.82) is 0 Å². The van der Waals surface area contributed by atoms with Crippen LogP contribution in [0, 0.1) is 11.8 Å². The Labute approximate surface area is 234 Å². The number of urea groups is 1. The SMILES string of the molecule is CCN1CCc2c(sc(NC(=O)c3ccc(S(=O)(=O)N4CC(C)CC(C)C4)cc3)c2C(=O)NC(=O)N(C)C)C1. The summed E-state index contributed by atoms with van der Waals surface area (Å²) in [6.07, 6.45) is 1.63. The molecule has 39 heavy (non-hydrogen) atoms. The van der Waals surface area contributed by atoms with Crippen LogP contribution in [-0.2, 0) is 23.0 Å². The van der Waals surface area contributed by atoms with Crippen LogP contribution in [0.25, 0.3) is 0 Å². The fourth-order valence-electron chi connectivity index (χ4n) is 5.23. The van der Waals surface area contributed by atoms with E-state index >= 15 is 0 Å². The van der Waals surface area contributed by atoms with E-state index in [-0.39, 0.29) is 22.3 Å². The lowest BCUT2D eigenvalue weighted by atomic mass is 9.94. The van der Waals surface area contributed by atoms with Crippen LogP contribution >= 0.6 is 11.3 Å². The number of anilines is 1. The molecule has 4 rings (SSSR count). The highest BCUT2D eigenvalue weighted by Gasteiger charge is 2.32. The Bertz CT molecular complexity index is 1340. The van der Waals surface area contributed by atoms with Crippen LogP contribution in [-0.4, -0.2) is 80.6 Å². The second-order valence-corrected chi connectivity index (χ2v) is 13.8. The predicted molar refractivity (Wildman–Crippen MR) is 152 cm³/mol. The molecule has 0 saturated carbocycles. The Morgan fingerprint density at radius 3 is 2.28 bits per heavy atom. The molecule has 2 aliphatic rings. The number of benzene rings is 1. The zero-order valence-electron chi connectivity index (χ0n) is 23.1. The predicted octanol–water partition coefficient (Wildman–Crippen LogP) is 3.46. The van der Waals surface area contributed by atoms with Crippen LogP contribution in [0.3, 0.4) is 0 Å². The van der Waals surface area contributed by atoms with Gasteiger partial charge in [-0.3, -0.25) is 19.8 Å². The number of hydrogen-bond acceptors (Lipinski definition) is 7. The monoisotopic (exact) mass is 575 g/mol. The van der Waals surface area contributed by atoms with E-state index in [1.807, 2.05) is 0 Å². The van der Waals surface area contributed by atoms with Crippen LogP contribution in [0.5, 0.6) is 0 Å². The van der Waals surface area contributed by atoms with Gasteiger partial charge < -0.3 is 10.2 Å². The van der Waals surface area contributed by atoms with Gasteiger partial charge in [0.15, 0.2) is 0 Å². The molecule has 1 aromatic heterocycles. The molecule has 2 aromatic rings. The minimum absolute atomic E-state index is 0.147. The number of nitrogens with one attached hydrogen (secondary N) is 2. The first-order valence-electron chi connectivity index (χ1n) is 13.2. The van der Waals surface area contributed by atoms with Gasteiger partial charge in [-0.25, -0.2) is 13.2 Å². The van der Waals surface area contributed by atoms with Gasteiger partial charge in [0, 0.05) is 50.7 Å². The molecule has 3 heterocycles. The first kappa shape index (κ1) is 29.2. The number of amides is 4. The molecule has 2 aliphatic heterocycles. The van der Waals surface area contributed by atoms with Crippen molar-refractivity contribution in [3.63, 3.8) is 0 Å². The number of fused-ring (bicyclic) bond motifs is 1. The number of carbonyl (C=O) groups excluding carboxylic acids is 3. The summed E-state index contributed by atoms with van der Waals surface area (Å²) in [5.41, 5.74) is 1.42. The summed E-state index contributed by atoms with van der Waals surface area (Å²) in [5, 5.41) is 5.61. The van der Waals surface area contributed by atoms with Gasteiger partial charge in [-0.15, -0.1) is 11.3 Å². The molecule has 0 bridgehead atoms. The lowest BCUT2D eigenvalue weighted by molar-refractivity contribution is 0.0956. The molecule has 212 valence electrons. The largest absolute Gasteiger partial charge is 0.331 e. The van der Waals surface area contributed by atoms with Crippen molar-refractivity contribution in [2.75, 3.05) is 45.6 Å². The van der Waals surface area contributed by atoms with Gasteiger partial charge in [0.1, 0.15) is 5.00 Å². The van der Waals surface area contributed by atoms with E-state index in [1.54, 1.807) is 14.1 Å². The smallest absolute Gasteiger partial charge is 0.323 e. The first-order valence-corrected chi connectivity index (χ1v) is 15.5. The van der Waals surface area contributed by atoms with E-state index in [0.29, 0.717) is 36.6 Å². The maximum Gasteiger partial charge on any atom is 0.323 e. The number of likely N-dealkylation sites (N-methyl/N-ethyl adjacent to an activating group) is 1. The fraction of sp³-hybridized carbons (Fsp3) is 0.519. The van der Waals surface area contributed by atoms with Gasteiger partial charge in [0.05, 0.1) is 10.5 Å². The molecule has 1 saturated heterocycles. The van der Waals surface area contributed by atoms with Crippen LogP contribution in [0.15, 0.2) is 29.2 Å². The molecule has 2 atom stereocenters. The van der Waals surface area contributed by atoms with E-state index in [1.165, 1.54) is 44.8 Å². The molecule has 1 aromatic carbocycles. The van der Waals surface area contributed by atoms with Crippen LogP contribution < -0.4 is 10.6 Å². The summed E-state index contributed by atoms with van der Waals surface area (Å²) >= 11 is 1.33. The fourth-order valence-corrected chi connectivity index (χ4v) is 8.19. The third-order valence-corrected chi connectivity index (χ3v) is 10.2. The molecule has 0 radical (unpaired) electrons. The lowest BCUT2D eigenvalue weighted by Gasteiger charge is -2.34. The van der Waals surface area contributed by atoms with Crippen LogP contribution in [0.2, 0.25) is 0 Å². The van der Waals surface area contributed by atoms with E-state index < -0.39 is 27.9 Å². The normalized spacial score (nSPS) is 20.2. The number of nitrogens with zero attached hydrogens (tertiary/aromatic N) is 3. The number of piperidine rings is 1. The van der Waals surface area contributed by atoms with Gasteiger partial charge in [-0.1, -0.05) is 20.8 Å². The molecule has 1 fully saturated rings. The standard InChI is InChI=1S/C27H37N5O5S2/c1-6-31-12-11-21-22(16-31)38-26(23(21)25(34)29-27(35)30(4)5)28-24(33)19-7-9-20(10-8-19)39(36,37)32-14-17(2)13-18(3)15-32/h7-10,17-18H,6,11-16H2,1-5H3,(H,28,33)(H,29,34,35). The Hall–Kier alpha value is -2.80. The zero-order valence-corrected chi connectivity index (χ0v) is 24.7. The van der Waals surface area contributed by atoms with E-state index in [9.17, 15) is 22.8 Å². The Balaban J connectivity index is 1.57. The third-order valence-electron chi connectivity index (χ3n) is 7.25. The summed E-state index contributed by atoms with van der Waals surface area (Å²) in [6, 6.07) is 5.34. The van der Waals surface area contributed by atoms with Gasteiger partial charge in [-0.2, -0.15) is 4.31 Å². The zero-order chi connectivity index (χ0) is 28.5. The quantitative estimate of drug-likeness (QED) is 0.545. The summed E-state index contributed by atoms with van der Waals surface area (Å²) < 4.78 is 28.0. The summed E-state index contributed by atoms with van der Waals surface area (Å²) in [4.78, 5) is 43.2. The average molecular weight is 576 g/mol. The van der Waals surface area contributed by atoms with E-state index in [0.717, 1.165) is 30.0 Å². The van der Waals surface area contributed by atoms with Gasteiger partial charge in [0.25, 0.3) is 11.8 Å². The summed E-state index contributed by atoms with van der Waals surface area (Å²) in [5.74, 6) is -0.445. The molecule has 0 spiro atoms. The summed E-state index contributed by atoms with van der Waals surface area (Å²) in [7, 11) is -0.575. The average Bonchev–Trinajstić information content (AvgIpc) is 3.24. The highest BCUT2D eigenvalue weighted by molar-refractivity contribution is 7.89. The van der Waals surface area contributed by atoms with Gasteiger partial charge in [0.2, 0.25) is 10.0 Å². The maximum atomic E-state index is 13.2. The first-order chi connectivity index (χ1) is 18.4. The van der Waals surface area contributed by atoms with Crippen molar-refractivity contribution < 1.29 is 22.8 Å². The number of carbonyl (C=O) groups is 3. The van der Waals surface area contributed by atoms with Crippen molar-refractivity contribution >= 4 is 44.2 Å². The van der Waals surface area contributed by atoms with Crippen LogP contribution in [0.1, 0.15) is 58.3 Å². The Morgan fingerprint density at radius 2 is 1.69 bits per heavy atom. The number of thiophene rings is 1. The van der Waals surface area contributed by atoms with E-state index in [2.05, 4.69) is 36.3 Å². The maximum absolute atomic E-state index is 13.2. The number of rotatable bonds is 6. The topological polar surface area (TPSA) is 119 Å². The molecule has 2 unspecified atom stereocenters. The highest BCUT2D eigenvalue weighted by atomic mass is 32.2. The molecule has 10 nitrogen and oxygen atoms in total. The Kier molecular flexibility index (Phi) is 8.79. The molecule has 2 N–H and O–H groups in total. The van der Waals surface area contributed by atoms with Crippen molar-refractivity contribution in [3.8, 4) is 0 Å². The van der Waals surface area contributed by atoms with Gasteiger partial charge >= 0.3 is 6.03 Å². The highest BCUT2D eigenvalue weighted by Crippen LogP contribution is 2.37. The summed E-state index contributed by atoms with van der Waals surface area (Å²) in [6.45, 7) is 9.44. The van der Waals surface area contributed by atoms with Crippen molar-refractivity contribution in [2.24, 2.45) is 11.8 Å². The second-order valence-electron chi connectivity index (χ2n) is 10.7. The second kappa shape index (κ2) is 11.7. The number of imide groups is 1. The van der Waals surface area contributed by atoms with Crippen molar-refractivity contribution in [3.05, 3.63) is 45.8 Å². The Morgan fingerprint density at radius 1 is 1.05 bits per heavy atom. The minimum Gasteiger partial charge on any atom is -0.331 e. The lowest BCUT2D eigenvalue weighted by Crippen LogP contribution is -2.42. The minimum atomic E-state index is -3.67. The van der Waals surface area contributed by atoms with Gasteiger partial charge in [-0.05, 0) is 61.1 Å². The molecular weight excluding hydrogens is 538 g/mol. The third kappa shape index (κ3) is 6.34. The number of sulfonamides is 1. The molecule has 12 heteroatoms. The molecule has 4 amide bonds. The van der Waals surface area contributed by atoms with E-state index in [4.69, 9.17) is 0 Å². The molecule has 0 aliphatic carbocycles. The van der Waals surface area contributed by atoms with Crippen LogP contribution in [0.4, 0.5) is 9.80 Å². The van der Waals surface area contributed by atoms with Crippen molar-refractivity contribution in [2.45, 2.75) is 45.1 Å². The van der Waals surface area contributed by atoms with Crippen molar-refractivity contribution in [1.82, 2.24) is 19.4 Å².